The van der Waals surface area contributed by atoms with Crippen molar-refractivity contribution in [1.82, 2.24) is 19.8 Å². The minimum Gasteiger partial charge on any atom is -0.335 e. The van der Waals surface area contributed by atoms with Crippen LogP contribution in [0.2, 0.25) is 0 Å². The van der Waals surface area contributed by atoms with Crippen LogP contribution in [0.1, 0.15) is 41.4 Å². The number of amides is 1. The summed E-state index contributed by atoms with van der Waals surface area (Å²) in [6.07, 6.45) is 4.37. The van der Waals surface area contributed by atoms with Crippen molar-refractivity contribution in [3.05, 3.63) is 75.8 Å². The number of fused-ring (bicyclic) bond motifs is 1. The van der Waals surface area contributed by atoms with Crippen molar-refractivity contribution in [3.8, 4) is 0 Å². The lowest BCUT2D eigenvalue weighted by molar-refractivity contribution is 0.0581. The first-order valence-corrected chi connectivity index (χ1v) is 11.1. The fraction of sp³-hybridized carbons (Fsp3) is 0.400. The second kappa shape index (κ2) is 9.43. The number of piperidine rings is 1. The van der Waals surface area contributed by atoms with Gasteiger partial charge in [-0.1, -0.05) is 24.6 Å². The summed E-state index contributed by atoms with van der Waals surface area (Å²) in [6, 6.07) is 13.3. The molecule has 1 N–H and O–H groups in total. The number of benzene rings is 1. The maximum Gasteiger partial charge on any atom is 0.255 e. The first kappa shape index (κ1) is 21.2. The van der Waals surface area contributed by atoms with Crippen LogP contribution in [0.3, 0.4) is 0 Å². The van der Waals surface area contributed by atoms with Gasteiger partial charge >= 0.3 is 0 Å². The molecule has 1 fully saturated rings. The van der Waals surface area contributed by atoms with E-state index in [0.717, 1.165) is 49.1 Å². The van der Waals surface area contributed by atoms with Crippen LogP contribution < -0.4 is 5.56 Å². The number of carbonyl (C=O) groups is 1. The average Bonchev–Trinajstić information content (AvgIpc) is 2.80. The maximum absolute atomic E-state index is 13.8. The first-order valence-electron chi connectivity index (χ1n) is 11.1. The number of aromatic amines is 1. The Kier molecular flexibility index (Phi) is 6.47. The molecule has 3 aromatic rings. The smallest absolute Gasteiger partial charge is 0.255 e. The highest BCUT2D eigenvalue weighted by Crippen LogP contribution is 2.23. The van der Waals surface area contributed by atoms with Crippen LogP contribution in [0.5, 0.6) is 0 Å². The van der Waals surface area contributed by atoms with Crippen molar-refractivity contribution in [2.24, 2.45) is 0 Å². The standard InChI is InChI=1S/C25H30N4O2/c1-3-28-13-10-20(11-14-28)29(15-9-19-6-4-5-12-26-19)25(31)22-17-24(30)27-23-8-7-18(2)16-21(22)23/h4-8,12,16-17,20H,3,9-11,13-15H2,1-2H3,(H,27,30). The molecule has 0 atom stereocenters. The summed E-state index contributed by atoms with van der Waals surface area (Å²) in [6.45, 7) is 7.78. The fourth-order valence-corrected chi connectivity index (χ4v) is 4.48. The predicted molar refractivity (Wildman–Crippen MR) is 123 cm³/mol. The molecule has 0 radical (unpaired) electrons. The number of nitrogens with zero attached hydrogens (tertiary/aromatic N) is 3. The zero-order valence-corrected chi connectivity index (χ0v) is 18.3. The lowest BCUT2D eigenvalue weighted by Crippen LogP contribution is -2.48. The maximum atomic E-state index is 13.8. The van der Waals surface area contributed by atoms with Crippen molar-refractivity contribution < 1.29 is 4.79 Å². The van der Waals surface area contributed by atoms with Gasteiger partial charge in [0.25, 0.3) is 5.91 Å². The molecule has 0 spiro atoms. The molecule has 0 saturated carbocycles. The Morgan fingerprint density at radius 3 is 2.71 bits per heavy atom. The molecule has 31 heavy (non-hydrogen) atoms. The second-order valence-electron chi connectivity index (χ2n) is 8.33. The highest BCUT2D eigenvalue weighted by atomic mass is 16.2. The Labute approximate surface area is 182 Å². The summed E-state index contributed by atoms with van der Waals surface area (Å²) in [5.41, 5.74) is 2.97. The van der Waals surface area contributed by atoms with E-state index in [1.807, 2.05) is 48.2 Å². The van der Waals surface area contributed by atoms with Gasteiger partial charge in [0, 0.05) is 61.0 Å². The first-order chi connectivity index (χ1) is 15.0. The highest BCUT2D eigenvalue weighted by molar-refractivity contribution is 6.06. The highest BCUT2D eigenvalue weighted by Gasteiger charge is 2.29. The number of aromatic nitrogens is 2. The van der Waals surface area contributed by atoms with E-state index in [2.05, 4.69) is 21.8 Å². The number of nitrogens with one attached hydrogen (secondary N) is 1. The number of pyridine rings is 2. The summed E-state index contributed by atoms with van der Waals surface area (Å²) >= 11 is 0. The van der Waals surface area contributed by atoms with Crippen molar-refractivity contribution in [2.45, 2.75) is 39.2 Å². The molecule has 1 amide bonds. The van der Waals surface area contributed by atoms with E-state index in [4.69, 9.17) is 0 Å². The molecule has 0 unspecified atom stereocenters. The number of H-pyrrole nitrogens is 1. The van der Waals surface area contributed by atoms with E-state index < -0.39 is 0 Å². The molecule has 6 heteroatoms. The van der Waals surface area contributed by atoms with Crippen molar-refractivity contribution in [2.75, 3.05) is 26.2 Å². The largest absolute Gasteiger partial charge is 0.335 e. The van der Waals surface area contributed by atoms with E-state index >= 15 is 0 Å². The molecule has 0 aliphatic carbocycles. The third-order valence-corrected chi connectivity index (χ3v) is 6.27. The Hall–Kier alpha value is -2.99. The van der Waals surface area contributed by atoms with Gasteiger partial charge < -0.3 is 14.8 Å². The van der Waals surface area contributed by atoms with E-state index in [-0.39, 0.29) is 17.5 Å². The van der Waals surface area contributed by atoms with E-state index in [0.29, 0.717) is 24.0 Å². The summed E-state index contributed by atoms with van der Waals surface area (Å²) in [4.78, 5) is 37.8. The third kappa shape index (κ3) is 4.85. The Balaban J connectivity index is 1.67. The molecule has 1 aliphatic heterocycles. The number of rotatable bonds is 6. The van der Waals surface area contributed by atoms with Crippen LogP contribution in [0.25, 0.3) is 10.9 Å². The van der Waals surface area contributed by atoms with E-state index in [1.54, 1.807) is 6.20 Å². The Morgan fingerprint density at radius 2 is 2.00 bits per heavy atom. The van der Waals surface area contributed by atoms with Crippen LogP contribution in [0.4, 0.5) is 0 Å². The quantitative estimate of drug-likeness (QED) is 0.666. The number of likely N-dealkylation sites (tertiary alicyclic amines) is 1. The van der Waals surface area contributed by atoms with Crippen LogP contribution in [-0.4, -0.2) is 57.9 Å². The number of hydrogen-bond donors (Lipinski definition) is 1. The predicted octanol–water partition coefficient (Wildman–Crippen LogP) is 3.40. The van der Waals surface area contributed by atoms with Gasteiger partial charge in [0.15, 0.2) is 0 Å². The lowest BCUT2D eigenvalue weighted by atomic mass is 9.99. The van der Waals surface area contributed by atoms with Gasteiger partial charge in [0.2, 0.25) is 5.56 Å². The van der Waals surface area contributed by atoms with Crippen molar-refractivity contribution >= 4 is 16.8 Å². The number of hydrogen-bond acceptors (Lipinski definition) is 4. The van der Waals surface area contributed by atoms with E-state index in [9.17, 15) is 9.59 Å². The molecule has 1 aliphatic rings. The molecule has 1 saturated heterocycles. The van der Waals surface area contributed by atoms with Crippen LogP contribution in [0.15, 0.2) is 53.5 Å². The van der Waals surface area contributed by atoms with Crippen molar-refractivity contribution in [1.29, 1.82) is 0 Å². The third-order valence-electron chi connectivity index (χ3n) is 6.27. The zero-order valence-electron chi connectivity index (χ0n) is 18.3. The monoisotopic (exact) mass is 418 g/mol. The van der Waals surface area contributed by atoms with E-state index in [1.165, 1.54) is 6.07 Å². The second-order valence-corrected chi connectivity index (χ2v) is 8.33. The van der Waals surface area contributed by atoms with Crippen molar-refractivity contribution in [3.63, 3.8) is 0 Å². The SMILES string of the molecule is CCN1CCC(N(CCc2ccccn2)C(=O)c2cc(=O)[nH]c3ccc(C)cc23)CC1. The average molecular weight is 419 g/mol. The van der Waals surface area contributed by atoms with Gasteiger partial charge in [0.05, 0.1) is 5.56 Å². The molecular weight excluding hydrogens is 388 g/mol. The van der Waals surface area contributed by atoms with Gasteiger partial charge in [0.1, 0.15) is 0 Å². The molecule has 1 aromatic carbocycles. The van der Waals surface area contributed by atoms with Gasteiger partial charge in [-0.2, -0.15) is 0 Å². The molecule has 4 rings (SSSR count). The molecular formula is C25H30N4O2. The minimum absolute atomic E-state index is 0.0624. The van der Waals surface area contributed by atoms with Gasteiger partial charge in [-0.15, -0.1) is 0 Å². The fourth-order valence-electron chi connectivity index (χ4n) is 4.48. The molecule has 162 valence electrons. The number of aryl methyl sites for hydroxylation is 1. The zero-order chi connectivity index (χ0) is 21.8. The lowest BCUT2D eigenvalue weighted by Gasteiger charge is -2.38. The van der Waals surface area contributed by atoms with Gasteiger partial charge in [-0.3, -0.25) is 14.6 Å². The van der Waals surface area contributed by atoms with Crippen LogP contribution >= 0.6 is 0 Å². The van der Waals surface area contributed by atoms with Gasteiger partial charge in [-0.25, -0.2) is 0 Å². The summed E-state index contributed by atoms with van der Waals surface area (Å²) in [5.74, 6) is -0.0624. The Morgan fingerprint density at radius 1 is 1.19 bits per heavy atom. The van der Waals surface area contributed by atoms with Gasteiger partial charge in [-0.05, 0) is 50.6 Å². The van der Waals surface area contributed by atoms with Crippen LogP contribution in [0, 0.1) is 6.92 Å². The molecule has 6 nitrogen and oxygen atoms in total. The summed E-state index contributed by atoms with van der Waals surface area (Å²) in [7, 11) is 0. The summed E-state index contributed by atoms with van der Waals surface area (Å²) < 4.78 is 0. The summed E-state index contributed by atoms with van der Waals surface area (Å²) in [5, 5.41) is 0.804. The Bertz CT molecular complexity index is 1100. The molecule has 2 aromatic heterocycles. The molecule has 0 bridgehead atoms. The minimum atomic E-state index is -0.245. The molecule has 3 heterocycles. The number of carbonyl (C=O) groups excluding carboxylic acids is 1. The van der Waals surface area contributed by atoms with Crippen LogP contribution in [-0.2, 0) is 6.42 Å². The normalized spacial score (nSPS) is 15.3. The topological polar surface area (TPSA) is 69.3 Å².